The molecule has 0 aromatic heterocycles. The Bertz CT molecular complexity index is 689. The molecule has 0 bridgehead atoms. The van der Waals surface area contributed by atoms with Crippen molar-refractivity contribution in [1.29, 1.82) is 0 Å². The Hall–Kier alpha value is -2.48. The standard InChI is InChI=1S/C18H23N3O5/c22-17(19-11-14-2-1-7-24-14)12-20-5-6-21(18(20)23)13-3-4-15-16(10-13)26-9-8-25-15/h3-4,10,14H,1-2,5-9,11-12H2,(H,19,22). The van der Waals surface area contributed by atoms with Gasteiger partial charge in [0.15, 0.2) is 11.5 Å². The highest BCUT2D eigenvalue weighted by atomic mass is 16.6. The van der Waals surface area contributed by atoms with Crippen molar-refractivity contribution < 1.29 is 23.8 Å². The first kappa shape index (κ1) is 17.0. The summed E-state index contributed by atoms with van der Waals surface area (Å²) in [6.07, 6.45) is 2.11. The fourth-order valence-corrected chi connectivity index (χ4v) is 3.43. The molecule has 3 amide bonds. The van der Waals surface area contributed by atoms with Crippen LogP contribution in [0.1, 0.15) is 12.8 Å². The summed E-state index contributed by atoms with van der Waals surface area (Å²) >= 11 is 0. The van der Waals surface area contributed by atoms with Gasteiger partial charge in [0.25, 0.3) is 0 Å². The van der Waals surface area contributed by atoms with E-state index in [1.165, 1.54) is 0 Å². The first-order valence-corrected chi connectivity index (χ1v) is 9.05. The quantitative estimate of drug-likeness (QED) is 0.846. The summed E-state index contributed by atoms with van der Waals surface area (Å²) in [7, 11) is 0. The highest BCUT2D eigenvalue weighted by Crippen LogP contribution is 2.34. The summed E-state index contributed by atoms with van der Waals surface area (Å²) in [5, 5.41) is 2.85. The molecular formula is C18H23N3O5. The van der Waals surface area contributed by atoms with Gasteiger partial charge >= 0.3 is 6.03 Å². The van der Waals surface area contributed by atoms with E-state index >= 15 is 0 Å². The highest BCUT2D eigenvalue weighted by molar-refractivity contribution is 5.96. The molecule has 0 spiro atoms. The van der Waals surface area contributed by atoms with E-state index in [-0.39, 0.29) is 24.6 Å². The van der Waals surface area contributed by atoms with Gasteiger partial charge in [-0.3, -0.25) is 9.69 Å². The number of rotatable bonds is 5. The molecule has 3 aliphatic heterocycles. The summed E-state index contributed by atoms with van der Waals surface area (Å²) in [6.45, 7) is 3.41. The maximum Gasteiger partial charge on any atom is 0.325 e. The number of amides is 3. The molecule has 2 fully saturated rings. The van der Waals surface area contributed by atoms with Crippen molar-refractivity contribution in [2.45, 2.75) is 18.9 Å². The molecule has 26 heavy (non-hydrogen) atoms. The van der Waals surface area contributed by atoms with Gasteiger partial charge in [0.05, 0.1) is 6.10 Å². The van der Waals surface area contributed by atoms with Gasteiger partial charge in [-0.05, 0) is 25.0 Å². The number of hydrogen-bond acceptors (Lipinski definition) is 5. The fraction of sp³-hybridized carbons (Fsp3) is 0.556. The lowest BCUT2D eigenvalue weighted by Crippen LogP contribution is -2.42. The van der Waals surface area contributed by atoms with Gasteiger partial charge in [-0.1, -0.05) is 0 Å². The fourth-order valence-electron chi connectivity index (χ4n) is 3.43. The predicted molar refractivity (Wildman–Crippen MR) is 93.7 cm³/mol. The summed E-state index contributed by atoms with van der Waals surface area (Å²) in [5.41, 5.74) is 0.751. The van der Waals surface area contributed by atoms with Crippen LogP contribution in [-0.4, -0.2) is 68.9 Å². The van der Waals surface area contributed by atoms with Crippen molar-refractivity contribution in [2.75, 3.05) is 50.9 Å². The van der Waals surface area contributed by atoms with Crippen molar-refractivity contribution in [2.24, 2.45) is 0 Å². The van der Waals surface area contributed by atoms with Crippen LogP contribution in [0.4, 0.5) is 10.5 Å². The van der Waals surface area contributed by atoms with Gasteiger partial charge in [-0.15, -0.1) is 0 Å². The van der Waals surface area contributed by atoms with Gasteiger partial charge in [0, 0.05) is 38.0 Å². The van der Waals surface area contributed by atoms with Gasteiger partial charge in [-0.25, -0.2) is 4.79 Å². The first-order chi connectivity index (χ1) is 12.7. The molecule has 1 N–H and O–H groups in total. The van der Waals surface area contributed by atoms with Gasteiger partial charge in [0.1, 0.15) is 19.8 Å². The van der Waals surface area contributed by atoms with Gasteiger partial charge in [0.2, 0.25) is 5.91 Å². The number of benzene rings is 1. The summed E-state index contributed by atoms with van der Waals surface area (Å²) in [5.74, 6) is 1.18. The van der Waals surface area contributed by atoms with E-state index in [0.29, 0.717) is 44.3 Å². The lowest BCUT2D eigenvalue weighted by atomic mass is 10.2. The maximum absolute atomic E-state index is 12.6. The van der Waals surface area contributed by atoms with Crippen LogP contribution >= 0.6 is 0 Å². The molecular weight excluding hydrogens is 338 g/mol. The number of ether oxygens (including phenoxy) is 3. The molecule has 1 atom stereocenters. The Labute approximate surface area is 152 Å². The van der Waals surface area contributed by atoms with Crippen LogP contribution < -0.4 is 19.7 Å². The average Bonchev–Trinajstić information content (AvgIpc) is 3.30. The van der Waals surface area contributed by atoms with E-state index in [4.69, 9.17) is 14.2 Å². The second-order valence-electron chi connectivity index (χ2n) is 6.62. The van der Waals surface area contributed by atoms with Gasteiger partial charge < -0.3 is 24.4 Å². The van der Waals surface area contributed by atoms with Crippen LogP contribution in [0.3, 0.4) is 0 Å². The van der Waals surface area contributed by atoms with E-state index in [1.54, 1.807) is 9.80 Å². The molecule has 0 saturated carbocycles. The Kier molecular flexibility index (Phi) is 4.83. The molecule has 140 valence electrons. The third kappa shape index (κ3) is 3.55. The SMILES string of the molecule is O=C(CN1CCN(c2ccc3c(c2)OCCO3)C1=O)NCC1CCCO1. The Morgan fingerprint density at radius 2 is 2.00 bits per heavy atom. The normalized spacial score (nSPS) is 22.0. The van der Waals surface area contributed by atoms with Crippen LogP contribution in [0.15, 0.2) is 18.2 Å². The Morgan fingerprint density at radius 1 is 1.15 bits per heavy atom. The number of nitrogens with zero attached hydrogens (tertiary/aromatic N) is 2. The van der Waals surface area contributed by atoms with Gasteiger partial charge in [-0.2, -0.15) is 0 Å². The molecule has 1 unspecified atom stereocenters. The van der Waals surface area contributed by atoms with Crippen molar-refractivity contribution in [1.82, 2.24) is 10.2 Å². The predicted octanol–water partition coefficient (Wildman–Crippen LogP) is 0.995. The number of hydrogen-bond donors (Lipinski definition) is 1. The Balaban J connectivity index is 1.33. The zero-order valence-corrected chi connectivity index (χ0v) is 14.6. The van der Waals surface area contributed by atoms with Crippen LogP contribution in [-0.2, 0) is 9.53 Å². The van der Waals surface area contributed by atoms with Crippen molar-refractivity contribution in [3.8, 4) is 11.5 Å². The van der Waals surface area contributed by atoms with Crippen molar-refractivity contribution in [3.63, 3.8) is 0 Å². The third-order valence-electron chi connectivity index (χ3n) is 4.82. The first-order valence-electron chi connectivity index (χ1n) is 9.05. The van der Waals surface area contributed by atoms with Crippen LogP contribution in [0.25, 0.3) is 0 Å². The van der Waals surface area contributed by atoms with Crippen LogP contribution in [0, 0.1) is 0 Å². The molecule has 0 aliphatic carbocycles. The van der Waals surface area contributed by atoms with E-state index in [2.05, 4.69) is 5.32 Å². The minimum Gasteiger partial charge on any atom is -0.486 e. The molecule has 3 heterocycles. The molecule has 3 aliphatic rings. The minimum atomic E-state index is -0.172. The second-order valence-corrected chi connectivity index (χ2v) is 6.62. The van der Waals surface area contributed by atoms with Crippen molar-refractivity contribution >= 4 is 17.6 Å². The number of carbonyl (C=O) groups is 2. The summed E-state index contributed by atoms with van der Waals surface area (Å²) in [6, 6.07) is 5.29. The number of fused-ring (bicyclic) bond motifs is 1. The number of nitrogens with one attached hydrogen (secondary N) is 1. The molecule has 1 aromatic rings. The summed E-state index contributed by atoms with van der Waals surface area (Å²) in [4.78, 5) is 28.0. The lowest BCUT2D eigenvalue weighted by molar-refractivity contribution is -0.122. The highest BCUT2D eigenvalue weighted by Gasteiger charge is 2.31. The lowest BCUT2D eigenvalue weighted by Gasteiger charge is -2.22. The largest absolute Gasteiger partial charge is 0.486 e. The van der Waals surface area contributed by atoms with E-state index in [1.807, 2.05) is 18.2 Å². The molecule has 1 aromatic carbocycles. The molecule has 0 radical (unpaired) electrons. The van der Waals surface area contributed by atoms with Crippen LogP contribution in [0.5, 0.6) is 11.5 Å². The zero-order valence-electron chi connectivity index (χ0n) is 14.6. The minimum absolute atomic E-state index is 0.0621. The second kappa shape index (κ2) is 7.41. The topological polar surface area (TPSA) is 80.3 Å². The molecule has 8 heteroatoms. The number of urea groups is 1. The molecule has 8 nitrogen and oxygen atoms in total. The Morgan fingerprint density at radius 3 is 2.81 bits per heavy atom. The molecule has 2 saturated heterocycles. The maximum atomic E-state index is 12.6. The molecule has 4 rings (SSSR count). The van der Waals surface area contributed by atoms with Crippen molar-refractivity contribution in [3.05, 3.63) is 18.2 Å². The number of carbonyl (C=O) groups excluding carboxylic acids is 2. The van der Waals surface area contributed by atoms with E-state index in [0.717, 1.165) is 25.1 Å². The summed E-state index contributed by atoms with van der Waals surface area (Å²) < 4.78 is 16.6. The van der Waals surface area contributed by atoms with E-state index < -0.39 is 0 Å². The smallest absolute Gasteiger partial charge is 0.325 e. The third-order valence-corrected chi connectivity index (χ3v) is 4.82. The average molecular weight is 361 g/mol. The zero-order chi connectivity index (χ0) is 17.9. The number of anilines is 1. The monoisotopic (exact) mass is 361 g/mol. The van der Waals surface area contributed by atoms with Crippen LogP contribution in [0.2, 0.25) is 0 Å². The van der Waals surface area contributed by atoms with E-state index in [9.17, 15) is 9.59 Å².